The fourth-order valence-electron chi connectivity index (χ4n) is 2.28. The van der Waals surface area contributed by atoms with E-state index in [1.54, 1.807) is 48.5 Å². The number of hydrogen-bond acceptors (Lipinski definition) is 7. The summed E-state index contributed by atoms with van der Waals surface area (Å²) in [5.41, 5.74) is 0.973. The second-order valence-electron chi connectivity index (χ2n) is 5.57. The normalized spacial score (nSPS) is 10.4. The molecule has 1 heterocycles. The Morgan fingerprint density at radius 3 is 2.32 bits per heavy atom. The molecule has 0 saturated heterocycles. The van der Waals surface area contributed by atoms with E-state index in [2.05, 4.69) is 20.6 Å². The van der Waals surface area contributed by atoms with E-state index < -0.39 is 4.92 Å². The smallest absolute Gasteiger partial charge is 0.334 e. The molecule has 1 aromatic heterocycles. The third-order valence-corrected chi connectivity index (χ3v) is 4.72. The van der Waals surface area contributed by atoms with E-state index >= 15 is 0 Å². The van der Waals surface area contributed by atoms with Crippen LogP contribution in [0, 0.1) is 10.1 Å². The average Bonchev–Trinajstić information content (AvgIpc) is 2.65. The summed E-state index contributed by atoms with van der Waals surface area (Å²) in [7, 11) is 0. The van der Waals surface area contributed by atoms with Crippen LogP contribution in [0.1, 0.15) is 6.92 Å². The summed E-state index contributed by atoms with van der Waals surface area (Å²) in [5, 5.41) is 18.0. The van der Waals surface area contributed by atoms with Crippen molar-refractivity contribution in [2.75, 3.05) is 10.6 Å². The molecule has 8 nitrogen and oxygen atoms in total. The van der Waals surface area contributed by atoms with Gasteiger partial charge in [-0.3, -0.25) is 14.9 Å². The van der Waals surface area contributed by atoms with Gasteiger partial charge >= 0.3 is 5.69 Å². The standard InChI is InChI=1S/C18H14ClN5O3S/c1-11(25)22-13-4-6-14(7-5-13)23-17-16(24(26)27)18(21-10-20-17)28-15-8-2-12(19)3-9-15/h2-10H,1H3,(H,22,25)(H,20,21,23). The number of nitrogens with one attached hydrogen (secondary N) is 2. The lowest BCUT2D eigenvalue weighted by Gasteiger charge is -2.09. The highest BCUT2D eigenvalue weighted by atomic mass is 35.5. The minimum Gasteiger partial charge on any atom is -0.334 e. The number of amides is 1. The molecule has 0 atom stereocenters. The van der Waals surface area contributed by atoms with Crippen molar-refractivity contribution in [3.63, 3.8) is 0 Å². The molecule has 2 aromatic carbocycles. The lowest BCUT2D eigenvalue weighted by molar-refractivity contribution is -0.387. The molecule has 0 radical (unpaired) electrons. The number of carbonyl (C=O) groups is 1. The molecular formula is C18H14ClN5O3S. The molecule has 2 N–H and O–H groups in total. The lowest BCUT2D eigenvalue weighted by atomic mass is 10.2. The molecule has 0 unspecified atom stereocenters. The topological polar surface area (TPSA) is 110 Å². The number of nitro groups is 1. The Morgan fingerprint density at radius 2 is 1.71 bits per heavy atom. The van der Waals surface area contributed by atoms with Crippen molar-refractivity contribution in [2.45, 2.75) is 16.8 Å². The van der Waals surface area contributed by atoms with E-state index in [4.69, 9.17) is 11.6 Å². The van der Waals surface area contributed by atoms with Crippen LogP contribution in [0.25, 0.3) is 0 Å². The number of anilines is 3. The predicted molar refractivity (Wildman–Crippen MR) is 108 cm³/mol. The molecule has 0 aliphatic carbocycles. The molecule has 142 valence electrons. The number of benzene rings is 2. The van der Waals surface area contributed by atoms with Gasteiger partial charge in [0.1, 0.15) is 6.33 Å². The van der Waals surface area contributed by atoms with E-state index in [-0.39, 0.29) is 22.4 Å². The average molecular weight is 416 g/mol. The van der Waals surface area contributed by atoms with Crippen molar-refractivity contribution in [1.82, 2.24) is 9.97 Å². The third kappa shape index (κ3) is 4.96. The van der Waals surface area contributed by atoms with Crippen molar-refractivity contribution in [3.8, 4) is 0 Å². The fourth-order valence-corrected chi connectivity index (χ4v) is 3.27. The maximum Gasteiger partial charge on any atom is 0.343 e. The summed E-state index contributed by atoms with van der Waals surface area (Å²) in [6.07, 6.45) is 1.26. The summed E-state index contributed by atoms with van der Waals surface area (Å²) >= 11 is 7.02. The van der Waals surface area contributed by atoms with Crippen molar-refractivity contribution in [2.24, 2.45) is 0 Å². The van der Waals surface area contributed by atoms with Crippen LogP contribution >= 0.6 is 23.4 Å². The van der Waals surface area contributed by atoms with Gasteiger partial charge in [0.05, 0.1) is 4.92 Å². The molecule has 0 fully saturated rings. The highest BCUT2D eigenvalue weighted by Gasteiger charge is 2.24. The van der Waals surface area contributed by atoms with Crippen LogP contribution in [0.2, 0.25) is 5.02 Å². The van der Waals surface area contributed by atoms with Crippen LogP contribution in [0.3, 0.4) is 0 Å². The van der Waals surface area contributed by atoms with Crippen LogP contribution in [0.15, 0.2) is 64.8 Å². The van der Waals surface area contributed by atoms with Gasteiger partial charge in [-0.2, -0.15) is 0 Å². The number of hydrogen-bond donors (Lipinski definition) is 2. The molecule has 0 aliphatic rings. The number of rotatable bonds is 6. The van der Waals surface area contributed by atoms with Crippen molar-refractivity contribution in [1.29, 1.82) is 0 Å². The minimum atomic E-state index is -0.522. The first-order chi connectivity index (χ1) is 13.4. The zero-order valence-electron chi connectivity index (χ0n) is 14.5. The van der Waals surface area contributed by atoms with Gasteiger partial charge in [-0.05, 0) is 48.5 Å². The first-order valence-electron chi connectivity index (χ1n) is 8.00. The van der Waals surface area contributed by atoms with Gasteiger partial charge in [-0.15, -0.1) is 0 Å². The van der Waals surface area contributed by atoms with E-state index in [9.17, 15) is 14.9 Å². The number of carbonyl (C=O) groups excluding carboxylic acids is 1. The van der Waals surface area contributed by atoms with Crippen molar-refractivity contribution < 1.29 is 9.72 Å². The minimum absolute atomic E-state index is 0.0729. The molecule has 10 heteroatoms. The van der Waals surface area contributed by atoms with E-state index in [1.807, 2.05) is 0 Å². The molecule has 28 heavy (non-hydrogen) atoms. The quantitative estimate of drug-likeness (QED) is 0.335. The highest BCUT2D eigenvalue weighted by Crippen LogP contribution is 2.37. The summed E-state index contributed by atoms with van der Waals surface area (Å²) in [5.74, 6) is -0.111. The zero-order valence-corrected chi connectivity index (χ0v) is 16.1. The Balaban J connectivity index is 1.87. The summed E-state index contributed by atoms with van der Waals surface area (Å²) in [6, 6.07) is 13.6. The predicted octanol–water partition coefficient (Wildman–Crippen LogP) is 4.89. The van der Waals surface area contributed by atoms with Gasteiger partial charge in [-0.1, -0.05) is 23.4 Å². The van der Waals surface area contributed by atoms with Crippen LogP contribution in [0.4, 0.5) is 22.9 Å². The maximum atomic E-state index is 11.7. The van der Waals surface area contributed by atoms with Gasteiger partial charge in [0.2, 0.25) is 11.7 Å². The Morgan fingerprint density at radius 1 is 1.07 bits per heavy atom. The third-order valence-electron chi connectivity index (χ3n) is 3.47. The molecule has 3 aromatic rings. The van der Waals surface area contributed by atoms with Gasteiger partial charge < -0.3 is 10.6 Å². The molecule has 1 amide bonds. The first-order valence-corrected chi connectivity index (χ1v) is 9.19. The second-order valence-corrected chi connectivity index (χ2v) is 7.07. The van der Waals surface area contributed by atoms with Gasteiger partial charge in [0.15, 0.2) is 5.03 Å². The fraction of sp³-hybridized carbons (Fsp3) is 0.0556. The number of halogens is 1. The van der Waals surface area contributed by atoms with E-state index in [0.29, 0.717) is 16.4 Å². The summed E-state index contributed by atoms with van der Waals surface area (Å²) in [4.78, 5) is 31.1. The van der Waals surface area contributed by atoms with Gasteiger partial charge in [0.25, 0.3) is 0 Å². The summed E-state index contributed by atoms with van der Waals surface area (Å²) in [6.45, 7) is 1.41. The van der Waals surface area contributed by atoms with Crippen molar-refractivity contribution in [3.05, 3.63) is 70.0 Å². The SMILES string of the molecule is CC(=O)Nc1ccc(Nc2ncnc(Sc3ccc(Cl)cc3)c2[N+](=O)[O-])cc1. The second kappa shape index (κ2) is 8.68. The number of aromatic nitrogens is 2. The van der Waals surface area contributed by atoms with Crippen molar-refractivity contribution >= 4 is 52.2 Å². The molecular weight excluding hydrogens is 402 g/mol. The van der Waals surface area contributed by atoms with E-state index in [1.165, 1.54) is 13.3 Å². The first kappa shape index (κ1) is 19.6. The monoisotopic (exact) mass is 415 g/mol. The molecule has 3 rings (SSSR count). The number of nitrogens with zero attached hydrogens (tertiary/aromatic N) is 3. The Kier molecular flexibility index (Phi) is 6.07. The molecule has 0 spiro atoms. The van der Waals surface area contributed by atoms with Crippen LogP contribution in [-0.2, 0) is 4.79 Å². The van der Waals surface area contributed by atoms with Crippen LogP contribution in [-0.4, -0.2) is 20.8 Å². The highest BCUT2D eigenvalue weighted by molar-refractivity contribution is 7.99. The Labute approximate surface area is 169 Å². The Hall–Kier alpha value is -3.17. The largest absolute Gasteiger partial charge is 0.343 e. The zero-order chi connectivity index (χ0) is 20.1. The maximum absolute atomic E-state index is 11.7. The van der Waals surface area contributed by atoms with Gasteiger partial charge in [0, 0.05) is 28.2 Å². The van der Waals surface area contributed by atoms with Crippen LogP contribution in [0.5, 0.6) is 0 Å². The van der Waals surface area contributed by atoms with E-state index in [0.717, 1.165) is 16.7 Å². The lowest BCUT2D eigenvalue weighted by Crippen LogP contribution is -2.06. The molecule has 0 aliphatic heterocycles. The molecule has 0 bridgehead atoms. The summed E-state index contributed by atoms with van der Waals surface area (Å²) < 4.78 is 0. The molecule has 0 saturated carbocycles. The van der Waals surface area contributed by atoms with Gasteiger partial charge in [-0.25, -0.2) is 9.97 Å². The van der Waals surface area contributed by atoms with Crippen LogP contribution < -0.4 is 10.6 Å². The Bertz CT molecular complexity index is 1010.